The molecule has 1 N–H and O–H groups in total. The van der Waals surface area contributed by atoms with Crippen molar-refractivity contribution in [3.8, 4) is 5.75 Å². The number of amides is 1. The number of hydrogen-bond acceptors (Lipinski definition) is 6. The highest BCUT2D eigenvalue weighted by Crippen LogP contribution is 2.39. The quantitative estimate of drug-likeness (QED) is 0.264. The van der Waals surface area contributed by atoms with E-state index in [1.165, 1.54) is 16.1 Å². The number of carbonyl (C=O) groups excluding carboxylic acids is 2. The number of nitrogens with zero attached hydrogens (tertiary/aromatic N) is 1. The monoisotopic (exact) mass is 516 g/mol. The Labute approximate surface area is 222 Å². The third-order valence-corrected chi connectivity index (χ3v) is 7.24. The van der Waals surface area contributed by atoms with Gasteiger partial charge in [0.15, 0.2) is 0 Å². The van der Waals surface area contributed by atoms with Crippen molar-refractivity contribution < 1.29 is 33.5 Å². The van der Waals surface area contributed by atoms with Crippen molar-refractivity contribution >= 4 is 17.4 Å². The van der Waals surface area contributed by atoms with Crippen molar-refractivity contribution in [3.05, 3.63) is 95.0 Å². The normalized spacial score (nSPS) is 19.7. The van der Waals surface area contributed by atoms with Crippen molar-refractivity contribution in [2.75, 3.05) is 39.4 Å². The van der Waals surface area contributed by atoms with Crippen LogP contribution in [0.5, 0.6) is 5.75 Å². The number of morpholine rings is 1. The predicted octanol–water partition coefficient (Wildman–Crippen LogP) is 1.70. The molecule has 0 radical (unpaired) electrons. The zero-order valence-corrected chi connectivity index (χ0v) is 21.5. The number of nitrogens with one attached hydrogen (secondary N) is 1. The van der Waals surface area contributed by atoms with Crippen LogP contribution in [0.1, 0.15) is 34.9 Å². The van der Waals surface area contributed by atoms with Crippen molar-refractivity contribution in [1.82, 2.24) is 4.90 Å². The molecule has 1 amide bonds. The lowest BCUT2D eigenvalue weighted by atomic mass is 9.99. The van der Waals surface area contributed by atoms with Crippen molar-refractivity contribution in [2.45, 2.75) is 26.0 Å². The average molecular weight is 517 g/mol. The lowest BCUT2D eigenvalue weighted by molar-refractivity contribution is -0.908. The number of rotatable bonds is 9. The Morgan fingerprint density at radius 2 is 1.82 bits per heavy atom. The minimum Gasteiger partial charge on any atom is -0.872 e. The molecule has 8 heteroatoms. The molecule has 0 bridgehead atoms. The van der Waals surface area contributed by atoms with Crippen LogP contribution in [0.4, 0.5) is 0 Å². The van der Waals surface area contributed by atoms with Crippen LogP contribution in [0.15, 0.2) is 76.9 Å². The van der Waals surface area contributed by atoms with Crippen LogP contribution in [0.3, 0.4) is 0 Å². The van der Waals surface area contributed by atoms with Gasteiger partial charge in [-0.3, -0.25) is 9.59 Å². The Morgan fingerprint density at radius 3 is 2.53 bits per heavy atom. The summed E-state index contributed by atoms with van der Waals surface area (Å²) >= 11 is 0. The van der Waals surface area contributed by atoms with Crippen LogP contribution in [0.25, 0.3) is 5.76 Å². The van der Waals surface area contributed by atoms with Gasteiger partial charge in [0.25, 0.3) is 5.91 Å². The Morgan fingerprint density at radius 1 is 1.05 bits per heavy atom. The van der Waals surface area contributed by atoms with E-state index in [-0.39, 0.29) is 5.57 Å². The van der Waals surface area contributed by atoms with Gasteiger partial charge < -0.3 is 28.8 Å². The fourth-order valence-electron chi connectivity index (χ4n) is 5.04. The topological polar surface area (TPSA) is 96.5 Å². The van der Waals surface area contributed by atoms with Gasteiger partial charge in [-0.05, 0) is 47.9 Å². The molecular formula is C30H32N2O6. The average Bonchev–Trinajstić information content (AvgIpc) is 3.56. The molecule has 3 aromatic rings. The van der Waals surface area contributed by atoms with Crippen LogP contribution in [-0.4, -0.2) is 56.0 Å². The van der Waals surface area contributed by atoms with Crippen LogP contribution < -0.4 is 14.7 Å². The molecule has 2 aliphatic rings. The van der Waals surface area contributed by atoms with Crippen LogP contribution >= 0.6 is 0 Å². The van der Waals surface area contributed by atoms with Gasteiger partial charge in [0.1, 0.15) is 37.2 Å². The number of likely N-dealkylation sites (tertiary alicyclic amines) is 1. The molecule has 8 nitrogen and oxygen atoms in total. The van der Waals surface area contributed by atoms with E-state index in [2.05, 4.69) is 0 Å². The maximum atomic E-state index is 13.6. The second-order valence-corrected chi connectivity index (χ2v) is 9.69. The van der Waals surface area contributed by atoms with Gasteiger partial charge in [-0.25, -0.2) is 0 Å². The predicted molar refractivity (Wildman–Crippen MR) is 138 cm³/mol. The third-order valence-electron chi connectivity index (χ3n) is 7.24. The summed E-state index contributed by atoms with van der Waals surface area (Å²) in [7, 11) is 0. The van der Waals surface area contributed by atoms with Crippen molar-refractivity contribution in [2.24, 2.45) is 0 Å². The largest absolute Gasteiger partial charge is 0.872 e. The number of furan rings is 1. The highest BCUT2D eigenvalue weighted by atomic mass is 16.5. The van der Waals surface area contributed by atoms with E-state index in [0.29, 0.717) is 36.6 Å². The van der Waals surface area contributed by atoms with Crippen molar-refractivity contribution in [3.63, 3.8) is 0 Å². The lowest BCUT2D eigenvalue weighted by Gasteiger charge is -2.27. The zero-order valence-electron chi connectivity index (χ0n) is 21.5. The first-order valence-corrected chi connectivity index (χ1v) is 13.0. The Balaban J connectivity index is 1.34. The first kappa shape index (κ1) is 25.8. The van der Waals surface area contributed by atoms with Gasteiger partial charge in [0, 0.05) is 18.5 Å². The highest BCUT2D eigenvalue weighted by molar-refractivity contribution is 6.46. The first-order valence-electron chi connectivity index (χ1n) is 13.0. The SMILES string of the molecule is Cc1ccccc1COc1ccc(/C([O-])=C2\C(=O)C(=O)N(CCC[NH+]3CCOCC3)C2c2ccco2)cc1. The first-order chi connectivity index (χ1) is 18.5. The van der Waals surface area contributed by atoms with Gasteiger partial charge in [-0.15, -0.1) is 0 Å². The van der Waals surface area contributed by atoms with Crippen LogP contribution in [0.2, 0.25) is 0 Å². The number of ether oxygens (including phenoxy) is 2. The number of Topliss-reactive ketones (excluding diaryl/α,β-unsaturated/α-hetero) is 1. The van der Waals surface area contributed by atoms with E-state index in [4.69, 9.17) is 13.9 Å². The molecule has 1 atom stereocenters. The molecule has 2 aliphatic heterocycles. The second-order valence-electron chi connectivity index (χ2n) is 9.69. The van der Waals surface area contributed by atoms with E-state index < -0.39 is 23.5 Å². The molecule has 0 aliphatic carbocycles. The number of aryl methyl sites for hydroxylation is 1. The smallest absolute Gasteiger partial charge is 0.295 e. The Bertz CT molecular complexity index is 1290. The molecule has 2 aromatic carbocycles. The number of benzene rings is 2. The Kier molecular flexibility index (Phi) is 7.91. The third kappa shape index (κ3) is 5.51. The summed E-state index contributed by atoms with van der Waals surface area (Å²) < 4.78 is 16.9. The molecule has 5 rings (SSSR count). The molecule has 3 heterocycles. The molecule has 2 saturated heterocycles. The molecular weight excluding hydrogens is 484 g/mol. The number of carbonyl (C=O) groups is 2. The van der Waals surface area contributed by atoms with E-state index in [1.54, 1.807) is 36.4 Å². The zero-order chi connectivity index (χ0) is 26.5. The van der Waals surface area contributed by atoms with Gasteiger partial charge in [-0.1, -0.05) is 42.2 Å². The maximum absolute atomic E-state index is 13.6. The summed E-state index contributed by atoms with van der Waals surface area (Å²) in [6, 6.07) is 17.2. The number of ketones is 1. The summed E-state index contributed by atoms with van der Waals surface area (Å²) in [6.07, 6.45) is 2.20. The second kappa shape index (κ2) is 11.7. The van der Waals surface area contributed by atoms with E-state index in [1.807, 2.05) is 31.2 Å². The molecule has 0 spiro atoms. The highest BCUT2D eigenvalue weighted by Gasteiger charge is 2.45. The number of quaternary nitrogens is 1. The lowest BCUT2D eigenvalue weighted by Crippen LogP contribution is -3.14. The van der Waals surface area contributed by atoms with Crippen molar-refractivity contribution in [1.29, 1.82) is 0 Å². The summed E-state index contributed by atoms with van der Waals surface area (Å²) in [6.45, 7) is 6.97. The standard InChI is InChI=1S/C30H32N2O6/c1-21-6-2-3-7-23(21)20-38-24-11-9-22(10-12-24)28(33)26-27(25-8-4-17-37-25)32(30(35)29(26)34)14-5-13-31-15-18-36-19-16-31/h2-4,6-12,17,27,33H,5,13-16,18-20H2,1H3/b28-26+. The molecule has 2 fully saturated rings. The van der Waals surface area contributed by atoms with Gasteiger partial charge in [0.05, 0.1) is 26.0 Å². The summed E-state index contributed by atoms with van der Waals surface area (Å²) in [5.74, 6) is -0.890. The van der Waals surface area contributed by atoms with E-state index in [9.17, 15) is 14.7 Å². The summed E-state index contributed by atoms with van der Waals surface area (Å²) in [4.78, 5) is 29.1. The maximum Gasteiger partial charge on any atom is 0.295 e. The fourth-order valence-corrected chi connectivity index (χ4v) is 5.04. The molecule has 1 aromatic heterocycles. The molecule has 0 saturated carbocycles. The van der Waals surface area contributed by atoms with Gasteiger partial charge >= 0.3 is 0 Å². The van der Waals surface area contributed by atoms with Gasteiger partial charge in [-0.2, -0.15) is 0 Å². The Hall–Kier alpha value is -3.88. The molecule has 198 valence electrons. The van der Waals surface area contributed by atoms with E-state index in [0.717, 1.165) is 44.0 Å². The van der Waals surface area contributed by atoms with Crippen LogP contribution in [-0.2, 0) is 20.9 Å². The molecule has 38 heavy (non-hydrogen) atoms. The van der Waals surface area contributed by atoms with Crippen LogP contribution in [0, 0.1) is 6.92 Å². The molecule has 1 unspecified atom stereocenters. The minimum absolute atomic E-state index is 0.0720. The van der Waals surface area contributed by atoms with Gasteiger partial charge in [0.2, 0.25) is 5.78 Å². The minimum atomic E-state index is -0.839. The fraction of sp³-hybridized carbons (Fsp3) is 0.333. The number of hydrogen-bond donors (Lipinski definition) is 1. The summed E-state index contributed by atoms with van der Waals surface area (Å²) in [5.41, 5.74) is 2.47. The summed E-state index contributed by atoms with van der Waals surface area (Å²) in [5, 5.41) is 13.6. The van der Waals surface area contributed by atoms with E-state index >= 15 is 0 Å².